The lowest BCUT2D eigenvalue weighted by molar-refractivity contribution is -0.0925. The molecule has 0 aromatic heterocycles. The Labute approximate surface area is 160 Å². The minimum atomic E-state index is -2.04. The van der Waals surface area contributed by atoms with Crippen molar-refractivity contribution in [2.45, 2.75) is 77.8 Å². The third-order valence-corrected chi connectivity index (χ3v) is 12.9. The molecule has 0 unspecified atom stereocenters. The summed E-state index contributed by atoms with van der Waals surface area (Å²) in [6.45, 7) is 18.0. The summed E-state index contributed by atoms with van der Waals surface area (Å²) in [5, 5.41) is 12.2. The number of rotatable bonds is 4. The maximum atomic E-state index is 12.1. The summed E-state index contributed by atoms with van der Waals surface area (Å²) in [6, 6.07) is 0. The minimum absolute atomic E-state index is 0.107. The van der Waals surface area contributed by atoms with Crippen LogP contribution in [0.1, 0.15) is 48.0 Å². The molecule has 0 saturated heterocycles. The fourth-order valence-electron chi connectivity index (χ4n) is 5.26. The van der Waals surface area contributed by atoms with Crippen LogP contribution in [0.5, 0.6) is 0 Å². The zero-order valence-electron chi connectivity index (χ0n) is 17.9. The lowest BCUT2D eigenvalue weighted by Gasteiger charge is -2.53. The number of methoxy groups -OCH3 is 1. The molecule has 3 nitrogen and oxygen atoms in total. The second-order valence-corrected chi connectivity index (χ2v) is 15.2. The van der Waals surface area contributed by atoms with Gasteiger partial charge in [-0.1, -0.05) is 58.4 Å². The summed E-state index contributed by atoms with van der Waals surface area (Å²) in [5.41, 5.74) is -0.790. The van der Waals surface area contributed by atoms with Crippen molar-refractivity contribution in [2.75, 3.05) is 7.11 Å². The van der Waals surface area contributed by atoms with Crippen LogP contribution in [0.15, 0.2) is 36.1 Å². The molecule has 3 aliphatic carbocycles. The summed E-state index contributed by atoms with van der Waals surface area (Å²) in [5.74, 6) is 0. The maximum Gasteiger partial charge on any atom is 0.192 e. The van der Waals surface area contributed by atoms with Crippen LogP contribution in [0, 0.1) is 16.2 Å². The molecular weight excluding hydrogens is 340 g/mol. The van der Waals surface area contributed by atoms with Crippen molar-refractivity contribution in [1.29, 1.82) is 0 Å². The molecule has 0 aromatic carbocycles. The van der Waals surface area contributed by atoms with Gasteiger partial charge in [0.2, 0.25) is 0 Å². The largest absolute Gasteiger partial charge is 0.505 e. The number of hydrogen-bond acceptors (Lipinski definition) is 3. The van der Waals surface area contributed by atoms with Crippen molar-refractivity contribution < 1.29 is 14.3 Å². The molecule has 146 valence electrons. The van der Waals surface area contributed by atoms with E-state index in [-0.39, 0.29) is 22.0 Å². The first-order valence-corrected chi connectivity index (χ1v) is 12.6. The molecule has 0 bridgehead atoms. The van der Waals surface area contributed by atoms with E-state index in [1.807, 2.05) is 0 Å². The number of hydrogen-bond donors (Lipinski definition) is 1. The van der Waals surface area contributed by atoms with Gasteiger partial charge in [-0.15, -0.1) is 0 Å². The highest BCUT2D eigenvalue weighted by molar-refractivity contribution is 6.74. The van der Waals surface area contributed by atoms with E-state index in [1.54, 1.807) is 13.4 Å². The molecule has 0 radical (unpaired) electrons. The monoisotopic (exact) mass is 376 g/mol. The summed E-state index contributed by atoms with van der Waals surface area (Å²) in [6.07, 6.45) is 11.0. The lowest BCUT2D eigenvalue weighted by atomic mass is 9.54. The summed E-state index contributed by atoms with van der Waals surface area (Å²) in [4.78, 5) is 0. The average Bonchev–Trinajstić information content (AvgIpc) is 2.83. The molecule has 26 heavy (non-hydrogen) atoms. The predicted octanol–water partition coefficient (Wildman–Crippen LogP) is 5.20. The Bertz CT molecular complexity index is 701. The first-order valence-electron chi connectivity index (χ1n) is 9.72. The smallest absolute Gasteiger partial charge is 0.192 e. The molecule has 3 aliphatic rings. The van der Waals surface area contributed by atoms with Crippen molar-refractivity contribution in [3.8, 4) is 0 Å². The zero-order valence-corrected chi connectivity index (χ0v) is 18.9. The minimum Gasteiger partial charge on any atom is -0.505 e. The van der Waals surface area contributed by atoms with Gasteiger partial charge < -0.3 is 14.3 Å². The van der Waals surface area contributed by atoms with Gasteiger partial charge in [-0.05, 0) is 37.6 Å². The Hall–Kier alpha value is -0.843. The van der Waals surface area contributed by atoms with Crippen LogP contribution >= 0.6 is 0 Å². The third kappa shape index (κ3) is 1.96. The van der Waals surface area contributed by atoms with Gasteiger partial charge in [0.15, 0.2) is 8.32 Å². The molecule has 0 amide bonds. The van der Waals surface area contributed by atoms with E-state index in [0.717, 1.165) is 0 Å². The molecule has 1 N–H and O–H groups in total. The Morgan fingerprint density at radius 1 is 1.23 bits per heavy atom. The Kier molecular flexibility index (Phi) is 4.10. The molecule has 0 heterocycles. The van der Waals surface area contributed by atoms with Gasteiger partial charge in [-0.25, -0.2) is 0 Å². The Balaban J connectivity index is 2.21. The van der Waals surface area contributed by atoms with Crippen LogP contribution < -0.4 is 0 Å². The molecule has 1 saturated carbocycles. The lowest BCUT2D eigenvalue weighted by Crippen LogP contribution is -2.54. The highest BCUT2D eigenvalue weighted by Gasteiger charge is 2.81. The number of aliphatic hydroxyl groups is 1. The maximum absolute atomic E-state index is 12.1. The zero-order chi connectivity index (χ0) is 19.8. The first kappa shape index (κ1) is 19.9. The molecule has 5 atom stereocenters. The van der Waals surface area contributed by atoms with Gasteiger partial charge >= 0.3 is 0 Å². The quantitative estimate of drug-likeness (QED) is 0.416. The molecule has 0 spiro atoms. The predicted molar refractivity (Wildman–Crippen MR) is 109 cm³/mol. The van der Waals surface area contributed by atoms with E-state index < -0.39 is 19.3 Å². The Morgan fingerprint density at radius 3 is 2.31 bits per heavy atom. The van der Waals surface area contributed by atoms with E-state index in [9.17, 15) is 5.11 Å². The second-order valence-electron chi connectivity index (χ2n) is 10.4. The standard InChI is InChI=1S/C22H36O3Si/c1-16-10-11-22(23)20(6)13-12-19(20,5)17(21(16,22)14-15-24-7)25-26(8,9)18(2,3)4/h10,12-15,17,23H,11H2,1-9H3/b15-14+/t17-,19+,20+,21-,22-/m0/s1. The molecule has 0 aliphatic heterocycles. The van der Waals surface area contributed by atoms with E-state index in [2.05, 4.69) is 78.9 Å². The van der Waals surface area contributed by atoms with E-state index in [1.165, 1.54) is 5.57 Å². The van der Waals surface area contributed by atoms with Crippen molar-refractivity contribution >= 4 is 8.32 Å². The third-order valence-electron chi connectivity index (χ3n) is 8.43. The van der Waals surface area contributed by atoms with Crippen LogP contribution in [0.25, 0.3) is 0 Å². The van der Waals surface area contributed by atoms with Crippen molar-refractivity contribution in [2.24, 2.45) is 16.2 Å². The van der Waals surface area contributed by atoms with Crippen LogP contribution in [0.2, 0.25) is 18.1 Å². The van der Waals surface area contributed by atoms with Crippen molar-refractivity contribution in [3.63, 3.8) is 0 Å². The van der Waals surface area contributed by atoms with Gasteiger partial charge in [0.05, 0.1) is 30.5 Å². The molecular formula is C22H36O3Si. The van der Waals surface area contributed by atoms with Gasteiger partial charge in [-0.2, -0.15) is 0 Å². The SMILES string of the molecule is CO/C=C/[C@@]12C(C)=CC[C@]1(O)[C@]1(C)C=C[C@]1(C)[C@@H]2O[Si](C)(C)C(C)(C)C. The van der Waals surface area contributed by atoms with Crippen LogP contribution in [0.4, 0.5) is 0 Å². The normalized spacial score (nSPS) is 44.7. The number of ether oxygens (including phenoxy) is 1. The molecule has 0 aromatic rings. The molecule has 3 rings (SSSR count). The fraction of sp³-hybridized carbons (Fsp3) is 0.727. The van der Waals surface area contributed by atoms with Gasteiger partial charge in [0, 0.05) is 10.8 Å². The topological polar surface area (TPSA) is 38.7 Å². The van der Waals surface area contributed by atoms with Crippen LogP contribution in [-0.2, 0) is 9.16 Å². The Morgan fingerprint density at radius 2 is 1.85 bits per heavy atom. The van der Waals surface area contributed by atoms with E-state index in [0.29, 0.717) is 6.42 Å². The van der Waals surface area contributed by atoms with Crippen LogP contribution in [-0.4, -0.2) is 32.2 Å². The summed E-state index contributed by atoms with van der Waals surface area (Å²) >= 11 is 0. The summed E-state index contributed by atoms with van der Waals surface area (Å²) < 4.78 is 12.4. The van der Waals surface area contributed by atoms with Gasteiger partial charge in [-0.3, -0.25) is 0 Å². The highest BCUT2D eigenvalue weighted by Crippen LogP contribution is 2.77. The van der Waals surface area contributed by atoms with Crippen molar-refractivity contribution in [1.82, 2.24) is 0 Å². The van der Waals surface area contributed by atoms with Gasteiger partial charge in [0.1, 0.15) is 0 Å². The fourth-order valence-corrected chi connectivity index (χ4v) is 6.63. The van der Waals surface area contributed by atoms with E-state index in [4.69, 9.17) is 9.16 Å². The first-order chi connectivity index (χ1) is 11.7. The summed E-state index contributed by atoms with van der Waals surface area (Å²) in [7, 11) is -0.381. The molecule has 1 fully saturated rings. The highest BCUT2D eigenvalue weighted by atomic mass is 28.4. The number of fused-ring (bicyclic) bond motifs is 3. The second kappa shape index (κ2) is 5.36. The average molecular weight is 377 g/mol. The van der Waals surface area contributed by atoms with E-state index >= 15 is 0 Å². The van der Waals surface area contributed by atoms with Crippen LogP contribution in [0.3, 0.4) is 0 Å². The van der Waals surface area contributed by atoms with Crippen molar-refractivity contribution in [3.05, 3.63) is 36.1 Å². The molecule has 4 heteroatoms. The van der Waals surface area contributed by atoms with Gasteiger partial charge in [0.25, 0.3) is 0 Å².